The van der Waals surface area contributed by atoms with Crippen LogP contribution in [0.2, 0.25) is 0 Å². The van der Waals surface area contributed by atoms with Gasteiger partial charge in [0.1, 0.15) is 0 Å². The summed E-state index contributed by atoms with van der Waals surface area (Å²) in [4.78, 5) is 0. The molecule has 1 aliphatic carbocycles. The van der Waals surface area contributed by atoms with Gasteiger partial charge in [0, 0.05) is 0 Å². The zero-order chi connectivity index (χ0) is 13.1. The first-order valence-corrected chi connectivity index (χ1v) is 7.73. The van der Waals surface area contributed by atoms with Crippen LogP contribution in [0.15, 0.2) is 30.3 Å². The number of hydrogen-bond acceptors (Lipinski definition) is 2. The summed E-state index contributed by atoms with van der Waals surface area (Å²) in [5, 5.41) is 3.64. The quantitative estimate of drug-likeness (QED) is 0.627. The van der Waals surface area contributed by atoms with E-state index in [0.717, 1.165) is 18.4 Å². The lowest BCUT2D eigenvalue weighted by atomic mass is 9.80. The van der Waals surface area contributed by atoms with E-state index in [4.69, 9.17) is 4.74 Å². The Balaban J connectivity index is 1.30. The van der Waals surface area contributed by atoms with E-state index in [9.17, 15) is 0 Å². The van der Waals surface area contributed by atoms with E-state index in [2.05, 4.69) is 42.6 Å². The van der Waals surface area contributed by atoms with Gasteiger partial charge in [0.25, 0.3) is 0 Å². The van der Waals surface area contributed by atoms with Crippen molar-refractivity contribution in [3.63, 3.8) is 0 Å². The lowest BCUT2D eigenvalue weighted by molar-refractivity contribution is 0.274. The van der Waals surface area contributed by atoms with Gasteiger partial charge in [0.2, 0.25) is 0 Å². The average Bonchev–Trinajstić information content (AvgIpc) is 3.17. The predicted octanol–water partition coefficient (Wildman–Crippen LogP) is 3.02. The van der Waals surface area contributed by atoms with Crippen LogP contribution in [0.25, 0.3) is 0 Å². The Kier molecular flexibility index (Phi) is 4.19. The third-order valence-electron chi connectivity index (χ3n) is 4.70. The third kappa shape index (κ3) is 3.58. The number of nitrogens with one attached hydrogen (secondary N) is 1. The van der Waals surface area contributed by atoms with E-state index < -0.39 is 0 Å². The lowest BCUT2D eigenvalue weighted by Gasteiger charge is -2.26. The highest BCUT2D eigenvalue weighted by Gasteiger charge is 2.46. The van der Waals surface area contributed by atoms with Crippen molar-refractivity contribution in [2.45, 2.75) is 44.8 Å². The first-order chi connectivity index (χ1) is 9.33. The molecule has 19 heavy (non-hydrogen) atoms. The highest BCUT2D eigenvalue weighted by atomic mass is 16.6. The maximum Gasteiger partial charge on any atom is 0.0845 e. The number of aryl methyl sites for hydroxylation is 1. The Hall–Kier alpha value is -0.860. The molecule has 4 atom stereocenters. The molecule has 0 radical (unpaired) electrons. The van der Waals surface area contributed by atoms with Gasteiger partial charge in [-0.2, -0.15) is 0 Å². The zero-order valence-electron chi connectivity index (χ0n) is 11.8. The molecule has 2 aliphatic rings. The molecule has 0 amide bonds. The lowest BCUT2D eigenvalue weighted by Crippen LogP contribution is -2.32. The topological polar surface area (TPSA) is 24.6 Å². The Bertz CT molecular complexity index is 392. The van der Waals surface area contributed by atoms with Crippen molar-refractivity contribution in [2.75, 3.05) is 13.1 Å². The van der Waals surface area contributed by atoms with Crippen LogP contribution >= 0.6 is 0 Å². The average molecular weight is 259 g/mol. The van der Waals surface area contributed by atoms with Gasteiger partial charge in [-0.15, -0.1) is 0 Å². The van der Waals surface area contributed by atoms with Crippen LogP contribution in [0.3, 0.4) is 0 Å². The van der Waals surface area contributed by atoms with Gasteiger partial charge in [-0.3, -0.25) is 0 Å². The van der Waals surface area contributed by atoms with E-state index in [-0.39, 0.29) is 0 Å². The van der Waals surface area contributed by atoms with Crippen molar-refractivity contribution in [3.8, 4) is 0 Å². The summed E-state index contributed by atoms with van der Waals surface area (Å²) in [5.74, 6) is 1.64. The largest absolute Gasteiger partial charge is 0.370 e. The molecule has 0 bridgehead atoms. The van der Waals surface area contributed by atoms with E-state index in [1.54, 1.807) is 0 Å². The van der Waals surface area contributed by atoms with E-state index in [1.165, 1.54) is 37.8 Å². The minimum Gasteiger partial charge on any atom is -0.370 e. The van der Waals surface area contributed by atoms with Crippen LogP contribution in [0.1, 0.15) is 31.7 Å². The molecule has 1 aromatic carbocycles. The Morgan fingerprint density at radius 2 is 1.95 bits per heavy atom. The van der Waals surface area contributed by atoms with Gasteiger partial charge >= 0.3 is 0 Å². The highest BCUT2D eigenvalue weighted by Crippen LogP contribution is 2.42. The summed E-state index contributed by atoms with van der Waals surface area (Å²) in [5.41, 5.74) is 1.45. The van der Waals surface area contributed by atoms with Crippen LogP contribution in [-0.4, -0.2) is 25.3 Å². The summed E-state index contributed by atoms with van der Waals surface area (Å²) >= 11 is 0. The second kappa shape index (κ2) is 6.06. The van der Waals surface area contributed by atoms with Crippen molar-refractivity contribution in [2.24, 2.45) is 11.8 Å². The molecular weight excluding hydrogens is 234 g/mol. The van der Waals surface area contributed by atoms with E-state index in [1.807, 2.05) is 0 Å². The summed E-state index contributed by atoms with van der Waals surface area (Å²) in [6.07, 6.45) is 6.19. The molecular formula is C17H25NO. The van der Waals surface area contributed by atoms with Crippen molar-refractivity contribution < 1.29 is 4.74 Å². The molecule has 0 spiro atoms. The molecule has 1 saturated carbocycles. The fourth-order valence-electron chi connectivity index (χ4n) is 3.32. The fourth-order valence-corrected chi connectivity index (χ4v) is 3.32. The van der Waals surface area contributed by atoms with Crippen LogP contribution in [-0.2, 0) is 11.2 Å². The number of fused-ring (bicyclic) bond motifs is 1. The number of benzene rings is 1. The molecule has 1 aliphatic heterocycles. The van der Waals surface area contributed by atoms with Crippen molar-refractivity contribution >= 4 is 0 Å². The minimum atomic E-state index is 0.604. The van der Waals surface area contributed by atoms with Crippen LogP contribution in [0, 0.1) is 11.8 Å². The summed E-state index contributed by atoms with van der Waals surface area (Å²) in [7, 11) is 0. The first kappa shape index (κ1) is 13.1. The minimum absolute atomic E-state index is 0.604. The molecule has 0 aromatic heterocycles. The van der Waals surface area contributed by atoms with E-state index in [0.29, 0.717) is 12.2 Å². The highest BCUT2D eigenvalue weighted by molar-refractivity contribution is 5.14. The van der Waals surface area contributed by atoms with Gasteiger partial charge in [-0.1, -0.05) is 37.3 Å². The van der Waals surface area contributed by atoms with Gasteiger partial charge < -0.3 is 10.1 Å². The second-order valence-corrected chi connectivity index (χ2v) is 6.22. The summed E-state index contributed by atoms with van der Waals surface area (Å²) < 4.78 is 5.64. The zero-order valence-corrected chi connectivity index (χ0v) is 11.8. The van der Waals surface area contributed by atoms with E-state index >= 15 is 0 Å². The maximum atomic E-state index is 5.64. The molecule has 1 aromatic rings. The summed E-state index contributed by atoms with van der Waals surface area (Å²) in [6, 6.07) is 10.8. The SMILES string of the molecule is CC1CC2OC2CC1CNCCCc1ccccc1. The first-order valence-electron chi connectivity index (χ1n) is 7.73. The van der Waals surface area contributed by atoms with Gasteiger partial charge in [0.05, 0.1) is 12.2 Å². The monoisotopic (exact) mass is 259 g/mol. The number of ether oxygens (including phenoxy) is 1. The van der Waals surface area contributed by atoms with Gasteiger partial charge in [0.15, 0.2) is 0 Å². The number of epoxide rings is 1. The molecule has 104 valence electrons. The molecule has 2 nitrogen and oxygen atoms in total. The van der Waals surface area contributed by atoms with Gasteiger partial charge in [-0.05, 0) is 56.2 Å². The van der Waals surface area contributed by atoms with Crippen LogP contribution in [0.5, 0.6) is 0 Å². The third-order valence-corrected chi connectivity index (χ3v) is 4.70. The Labute approximate surface area is 116 Å². The molecule has 4 unspecified atom stereocenters. The van der Waals surface area contributed by atoms with Crippen molar-refractivity contribution in [1.82, 2.24) is 5.32 Å². The van der Waals surface area contributed by atoms with Crippen molar-refractivity contribution in [1.29, 1.82) is 0 Å². The molecule has 2 fully saturated rings. The number of hydrogen-bond donors (Lipinski definition) is 1. The molecule has 1 heterocycles. The predicted molar refractivity (Wildman–Crippen MR) is 78.2 cm³/mol. The van der Waals surface area contributed by atoms with Crippen molar-refractivity contribution in [3.05, 3.63) is 35.9 Å². The normalized spacial score (nSPS) is 32.9. The fraction of sp³-hybridized carbons (Fsp3) is 0.647. The Morgan fingerprint density at radius 1 is 1.16 bits per heavy atom. The van der Waals surface area contributed by atoms with Gasteiger partial charge in [-0.25, -0.2) is 0 Å². The van der Waals surface area contributed by atoms with Crippen LogP contribution in [0.4, 0.5) is 0 Å². The second-order valence-electron chi connectivity index (χ2n) is 6.22. The maximum absolute atomic E-state index is 5.64. The van der Waals surface area contributed by atoms with Crippen LogP contribution < -0.4 is 5.32 Å². The standard InChI is InChI=1S/C17H25NO/c1-13-10-16-17(19-16)11-15(13)12-18-9-5-8-14-6-3-2-4-7-14/h2-4,6-7,13,15-18H,5,8-12H2,1H3. The Morgan fingerprint density at radius 3 is 2.79 bits per heavy atom. The molecule has 1 N–H and O–H groups in total. The molecule has 2 heteroatoms. The smallest absolute Gasteiger partial charge is 0.0845 e. The molecule has 1 saturated heterocycles. The summed E-state index contributed by atoms with van der Waals surface area (Å²) in [6.45, 7) is 4.68. The molecule has 3 rings (SSSR count). The number of rotatable bonds is 6.